The highest BCUT2D eigenvalue weighted by atomic mass is 16.6. The third-order valence-electron chi connectivity index (χ3n) is 3.67. The second-order valence-electron chi connectivity index (χ2n) is 6.92. The molecule has 2 rings (SSSR count). The van der Waals surface area contributed by atoms with E-state index in [4.69, 9.17) is 10.00 Å². The van der Waals surface area contributed by atoms with Gasteiger partial charge in [0.25, 0.3) is 5.91 Å². The van der Waals surface area contributed by atoms with Gasteiger partial charge in [-0.3, -0.25) is 4.79 Å². The van der Waals surface area contributed by atoms with Gasteiger partial charge >= 0.3 is 6.09 Å². The number of benzene rings is 1. The quantitative estimate of drug-likeness (QED) is 0.923. The first-order valence-electron chi connectivity index (χ1n) is 8.03. The minimum absolute atomic E-state index is 0.0798. The molecule has 1 aliphatic heterocycles. The molecule has 0 radical (unpaired) electrons. The number of hydrogen-bond donors (Lipinski definition) is 1. The molecule has 1 unspecified atom stereocenters. The first kappa shape index (κ1) is 17.8. The molecular weight excluding hydrogens is 306 g/mol. The van der Waals surface area contributed by atoms with Crippen LogP contribution in [-0.4, -0.2) is 41.6 Å². The maximum atomic E-state index is 12.3. The molecule has 1 aromatic rings. The van der Waals surface area contributed by atoms with Crippen LogP contribution >= 0.6 is 0 Å². The summed E-state index contributed by atoms with van der Waals surface area (Å²) in [4.78, 5) is 25.9. The van der Waals surface area contributed by atoms with Gasteiger partial charge in [0.15, 0.2) is 0 Å². The first-order valence-corrected chi connectivity index (χ1v) is 8.03. The van der Waals surface area contributed by atoms with Crippen LogP contribution in [0.3, 0.4) is 0 Å². The Labute approximate surface area is 142 Å². The summed E-state index contributed by atoms with van der Waals surface area (Å²) in [6.07, 6.45) is 0.687. The van der Waals surface area contributed by atoms with Crippen molar-refractivity contribution in [3.05, 3.63) is 35.4 Å². The molecule has 1 fully saturated rings. The number of carbonyl (C=O) groups excluding carboxylic acids is 2. The molecule has 0 spiro atoms. The molecule has 1 aliphatic rings. The smallest absolute Gasteiger partial charge is 0.410 e. The Bertz CT molecular complexity index is 641. The predicted octanol–water partition coefficient (Wildman–Crippen LogP) is 2.49. The van der Waals surface area contributed by atoms with Crippen LogP contribution in [0.1, 0.15) is 43.1 Å². The average Bonchev–Trinajstić information content (AvgIpc) is 2.95. The van der Waals surface area contributed by atoms with Crippen LogP contribution in [0.15, 0.2) is 24.3 Å². The minimum Gasteiger partial charge on any atom is -0.444 e. The molecule has 0 saturated carbocycles. The standard InChI is InChI=1S/C18H23N3O3/c1-18(2,3)24-17(23)21-11-9-15(12-21)20-16(22)14-6-4-13(5-7-14)8-10-19/h4-7,15H,8-9,11-12H2,1-3H3,(H,20,22). The zero-order chi connectivity index (χ0) is 17.7. The minimum atomic E-state index is -0.524. The fourth-order valence-electron chi connectivity index (χ4n) is 2.50. The second-order valence-corrected chi connectivity index (χ2v) is 6.92. The number of amides is 2. The lowest BCUT2D eigenvalue weighted by Gasteiger charge is -2.24. The Morgan fingerprint density at radius 1 is 1.33 bits per heavy atom. The molecule has 0 aromatic heterocycles. The monoisotopic (exact) mass is 329 g/mol. The lowest BCUT2D eigenvalue weighted by atomic mass is 10.1. The number of nitrogens with one attached hydrogen (secondary N) is 1. The van der Waals surface area contributed by atoms with Crippen molar-refractivity contribution in [1.29, 1.82) is 5.26 Å². The molecule has 6 nitrogen and oxygen atoms in total. The Morgan fingerprint density at radius 2 is 2.00 bits per heavy atom. The first-order chi connectivity index (χ1) is 11.3. The van der Waals surface area contributed by atoms with Gasteiger partial charge in [0.2, 0.25) is 0 Å². The fourth-order valence-corrected chi connectivity index (χ4v) is 2.50. The third-order valence-corrected chi connectivity index (χ3v) is 3.67. The summed E-state index contributed by atoms with van der Waals surface area (Å²) in [6, 6.07) is 8.97. The van der Waals surface area contributed by atoms with Crippen LogP contribution in [0.2, 0.25) is 0 Å². The van der Waals surface area contributed by atoms with Crippen molar-refractivity contribution in [2.45, 2.75) is 45.3 Å². The van der Waals surface area contributed by atoms with E-state index in [1.54, 1.807) is 29.2 Å². The fraction of sp³-hybridized carbons (Fsp3) is 0.500. The summed E-state index contributed by atoms with van der Waals surface area (Å²) >= 11 is 0. The third kappa shape index (κ3) is 4.98. The highest BCUT2D eigenvalue weighted by Crippen LogP contribution is 2.16. The van der Waals surface area contributed by atoms with Crippen molar-refractivity contribution in [3.8, 4) is 6.07 Å². The Balaban J connectivity index is 1.87. The van der Waals surface area contributed by atoms with Gasteiger partial charge in [-0.1, -0.05) is 12.1 Å². The van der Waals surface area contributed by atoms with Crippen molar-refractivity contribution < 1.29 is 14.3 Å². The maximum absolute atomic E-state index is 12.3. The van der Waals surface area contributed by atoms with Crippen LogP contribution in [-0.2, 0) is 11.2 Å². The van der Waals surface area contributed by atoms with Crippen LogP contribution in [0.5, 0.6) is 0 Å². The normalized spacial score (nSPS) is 17.2. The van der Waals surface area contributed by atoms with E-state index in [9.17, 15) is 9.59 Å². The van der Waals surface area contributed by atoms with Crippen molar-refractivity contribution in [2.75, 3.05) is 13.1 Å². The lowest BCUT2D eigenvalue weighted by molar-refractivity contribution is 0.0290. The van der Waals surface area contributed by atoms with Gasteiger partial charge in [-0.15, -0.1) is 0 Å². The van der Waals surface area contributed by atoms with E-state index < -0.39 is 5.60 Å². The van der Waals surface area contributed by atoms with E-state index in [1.165, 1.54) is 0 Å². The number of carbonyl (C=O) groups is 2. The van der Waals surface area contributed by atoms with Gasteiger partial charge in [-0.25, -0.2) is 4.79 Å². The SMILES string of the molecule is CC(C)(C)OC(=O)N1CCC(NC(=O)c2ccc(CC#N)cc2)C1. The average molecular weight is 329 g/mol. The van der Waals surface area contributed by atoms with Gasteiger partial charge in [0.05, 0.1) is 12.5 Å². The molecule has 1 saturated heterocycles. The van der Waals surface area contributed by atoms with Gasteiger partial charge < -0.3 is 15.0 Å². The predicted molar refractivity (Wildman–Crippen MR) is 89.4 cm³/mol. The van der Waals surface area contributed by atoms with Crippen LogP contribution in [0.4, 0.5) is 4.79 Å². The van der Waals surface area contributed by atoms with Crippen molar-refractivity contribution in [3.63, 3.8) is 0 Å². The highest BCUT2D eigenvalue weighted by Gasteiger charge is 2.30. The van der Waals surface area contributed by atoms with Crippen LogP contribution in [0, 0.1) is 11.3 Å². The molecule has 0 bridgehead atoms. The molecule has 1 N–H and O–H groups in total. The van der Waals surface area contributed by atoms with E-state index in [-0.39, 0.29) is 18.0 Å². The molecular formula is C18H23N3O3. The van der Waals surface area contributed by atoms with Crippen LogP contribution < -0.4 is 5.32 Å². The van der Waals surface area contributed by atoms with Gasteiger partial charge in [0.1, 0.15) is 5.60 Å². The van der Waals surface area contributed by atoms with E-state index in [0.29, 0.717) is 31.5 Å². The number of rotatable bonds is 3. The van der Waals surface area contributed by atoms with Crippen molar-refractivity contribution in [1.82, 2.24) is 10.2 Å². The summed E-state index contributed by atoms with van der Waals surface area (Å²) < 4.78 is 5.34. The topological polar surface area (TPSA) is 82.4 Å². The molecule has 128 valence electrons. The number of nitriles is 1. The Hall–Kier alpha value is -2.55. The second kappa shape index (κ2) is 7.35. The molecule has 1 heterocycles. The molecule has 0 aliphatic carbocycles. The number of likely N-dealkylation sites (tertiary alicyclic amines) is 1. The summed E-state index contributed by atoms with van der Waals surface area (Å²) in [5.41, 5.74) is 0.905. The number of hydrogen-bond acceptors (Lipinski definition) is 4. The molecule has 6 heteroatoms. The summed E-state index contributed by atoms with van der Waals surface area (Å²) in [5, 5.41) is 11.6. The zero-order valence-corrected chi connectivity index (χ0v) is 14.3. The Morgan fingerprint density at radius 3 is 2.58 bits per heavy atom. The van der Waals surface area contributed by atoms with Gasteiger partial charge in [0, 0.05) is 24.7 Å². The summed E-state index contributed by atoms with van der Waals surface area (Å²) in [6.45, 7) is 6.51. The van der Waals surface area contributed by atoms with Gasteiger partial charge in [-0.05, 0) is 44.9 Å². The largest absolute Gasteiger partial charge is 0.444 e. The van der Waals surface area contributed by atoms with E-state index in [0.717, 1.165) is 5.56 Å². The highest BCUT2D eigenvalue weighted by molar-refractivity contribution is 5.94. The van der Waals surface area contributed by atoms with E-state index >= 15 is 0 Å². The molecule has 1 atom stereocenters. The summed E-state index contributed by atoms with van der Waals surface area (Å²) in [7, 11) is 0. The number of nitrogens with zero attached hydrogens (tertiary/aromatic N) is 2. The summed E-state index contributed by atoms with van der Waals surface area (Å²) in [5.74, 6) is -0.172. The van der Waals surface area contributed by atoms with Crippen LogP contribution in [0.25, 0.3) is 0 Å². The zero-order valence-electron chi connectivity index (χ0n) is 14.3. The molecule has 2 amide bonds. The van der Waals surface area contributed by atoms with Gasteiger partial charge in [-0.2, -0.15) is 5.26 Å². The molecule has 1 aromatic carbocycles. The molecule has 24 heavy (non-hydrogen) atoms. The lowest BCUT2D eigenvalue weighted by Crippen LogP contribution is -2.40. The van der Waals surface area contributed by atoms with Crippen molar-refractivity contribution >= 4 is 12.0 Å². The van der Waals surface area contributed by atoms with E-state index in [1.807, 2.05) is 20.8 Å². The number of ether oxygens (including phenoxy) is 1. The van der Waals surface area contributed by atoms with Crippen molar-refractivity contribution in [2.24, 2.45) is 0 Å². The maximum Gasteiger partial charge on any atom is 0.410 e. The van der Waals surface area contributed by atoms with E-state index in [2.05, 4.69) is 11.4 Å². The Kier molecular flexibility index (Phi) is 5.45.